The number of carbonyl (C=O) groups excluding carboxylic acids is 1. The Morgan fingerprint density at radius 3 is 2.44 bits per heavy atom. The van der Waals surface area contributed by atoms with Gasteiger partial charge in [0, 0.05) is 13.5 Å². The lowest BCUT2D eigenvalue weighted by Gasteiger charge is -2.07. The predicted molar refractivity (Wildman–Crippen MR) is 104 cm³/mol. The van der Waals surface area contributed by atoms with Crippen LogP contribution in [-0.2, 0) is 14.3 Å². The number of rotatable bonds is 18. The van der Waals surface area contributed by atoms with Gasteiger partial charge in [-0.3, -0.25) is 4.79 Å². The van der Waals surface area contributed by atoms with Crippen molar-refractivity contribution in [3.8, 4) is 0 Å². The molecule has 25 heavy (non-hydrogen) atoms. The van der Waals surface area contributed by atoms with Crippen molar-refractivity contribution in [3.05, 3.63) is 12.2 Å². The Morgan fingerprint density at radius 1 is 0.960 bits per heavy atom. The van der Waals surface area contributed by atoms with E-state index in [1.807, 2.05) is 0 Å². The molecule has 148 valence electrons. The molecule has 0 aromatic heterocycles. The number of carbonyl (C=O) groups is 1. The largest absolute Gasteiger partial charge is 0.463 e. The molecule has 1 N–H and O–H groups in total. The molecule has 0 saturated carbocycles. The molecular formula is C21H40O4. The van der Waals surface area contributed by atoms with Crippen LogP contribution >= 0.6 is 0 Å². The first kappa shape index (κ1) is 24.1. The molecule has 4 heteroatoms. The van der Waals surface area contributed by atoms with E-state index in [4.69, 9.17) is 9.47 Å². The molecule has 0 aromatic rings. The highest BCUT2D eigenvalue weighted by molar-refractivity contribution is 5.69. The van der Waals surface area contributed by atoms with Gasteiger partial charge in [-0.2, -0.15) is 0 Å². The van der Waals surface area contributed by atoms with Gasteiger partial charge in [-0.25, -0.2) is 0 Å². The average molecular weight is 357 g/mol. The molecule has 0 radical (unpaired) electrons. The van der Waals surface area contributed by atoms with Gasteiger partial charge in [-0.05, 0) is 32.1 Å². The fourth-order valence-electron chi connectivity index (χ4n) is 2.67. The molecule has 0 aliphatic rings. The van der Waals surface area contributed by atoms with E-state index in [0.717, 1.165) is 38.5 Å². The van der Waals surface area contributed by atoms with Crippen molar-refractivity contribution >= 4 is 5.97 Å². The summed E-state index contributed by atoms with van der Waals surface area (Å²) < 4.78 is 9.85. The molecule has 4 nitrogen and oxygen atoms in total. The molecule has 0 saturated heterocycles. The second-order valence-electron chi connectivity index (χ2n) is 6.73. The number of hydrogen-bond acceptors (Lipinski definition) is 4. The number of aliphatic hydroxyl groups excluding tert-OH is 1. The SMILES string of the molecule is CCCCCC[C@H](O)C/C=C/CCCCCCCC(=O)OCCOC. The Hall–Kier alpha value is -0.870. The number of unbranched alkanes of at least 4 members (excludes halogenated alkanes) is 8. The summed E-state index contributed by atoms with van der Waals surface area (Å²) in [6, 6.07) is 0. The van der Waals surface area contributed by atoms with E-state index in [1.165, 1.54) is 38.5 Å². The number of hydrogen-bond donors (Lipinski definition) is 1. The molecule has 0 unspecified atom stereocenters. The second-order valence-corrected chi connectivity index (χ2v) is 6.73. The zero-order valence-corrected chi connectivity index (χ0v) is 16.5. The van der Waals surface area contributed by atoms with E-state index >= 15 is 0 Å². The van der Waals surface area contributed by atoms with Gasteiger partial charge in [0.05, 0.1) is 12.7 Å². The normalized spacial score (nSPS) is 12.6. The second kappa shape index (κ2) is 19.5. The average Bonchev–Trinajstić information content (AvgIpc) is 2.60. The molecule has 0 amide bonds. The van der Waals surface area contributed by atoms with Crippen LogP contribution in [0.1, 0.15) is 90.4 Å². The molecular weight excluding hydrogens is 316 g/mol. The minimum absolute atomic E-state index is 0.117. The van der Waals surface area contributed by atoms with Crippen molar-refractivity contribution in [1.29, 1.82) is 0 Å². The van der Waals surface area contributed by atoms with Crippen LogP contribution in [0, 0.1) is 0 Å². The van der Waals surface area contributed by atoms with E-state index in [-0.39, 0.29) is 12.1 Å². The monoisotopic (exact) mass is 356 g/mol. The number of allylic oxidation sites excluding steroid dienone is 1. The summed E-state index contributed by atoms with van der Waals surface area (Å²) in [5.74, 6) is -0.117. The Kier molecular flexibility index (Phi) is 18.8. The Balaban J connectivity index is 3.30. The molecule has 0 fully saturated rings. The molecule has 1 atom stereocenters. The lowest BCUT2D eigenvalue weighted by atomic mass is 10.1. The number of ether oxygens (including phenoxy) is 2. The summed E-state index contributed by atoms with van der Waals surface area (Å²) in [4.78, 5) is 11.4. The highest BCUT2D eigenvalue weighted by atomic mass is 16.6. The molecule has 0 bridgehead atoms. The summed E-state index contributed by atoms with van der Waals surface area (Å²) in [5, 5.41) is 9.87. The van der Waals surface area contributed by atoms with Crippen molar-refractivity contribution < 1.29 is 19.4 Å². The van der Waals surface area contributed by atoms with Gasteiger partial charge < -0.3 is 14.6 Å². The van der Waals surface area contributed by atoms with Crippen LogP contribution in [0.3, 0.4) is 0 Å². The first-order valence-corrected chi connectivity index (χ1v) is 10.2. The van der Waals surface area contributed by atoms with Crippen LogP contribution in [0.5, 0.6) is 0 Å². The first-order valence-electron chi connectivity index (χ1n) is 10.2. The van der Waals surface area contributed by atoms with E-state index < -0.39 is 0 Å². The first-order chi connectivity index (χ1) is 12.2. The van der Waals surface area contributed by atoms with Crippen molar-refractivity contribution in [3.63, 3.8) is 0 Å². The topological polar surface area (TPSA) is 55.8 Å². The van der Waals surface area contributed by atoms with E-state index in [2.05, 4.69) is 19.1 Å². The molecule has 0 spiro atoms. The molecule has 0 aromatic carbocycles. The lowest BCUT2D eigenvalue weighted by Crippen LogP contribution is -2.09. The lowest BCUT2D eigenvalue weighted by molar-refractivity contribution is -0.145. The van der Waals surface area contributed by atoms with Crippen molar-refractivity contribution in [1.82, 2.24) is 0 Å². The van der Waals surface area contributed by atoms with Gasteiger partial charge in [0.2, 0.25) is 0 Å². The van der Waals surface area contributed by atoms with Crippen LogP contribution < -0.4 is 0 Å². The minimum atomic E-state index is -0.170. The fourth-order valence-corrected chi connectivity index (χ4v) is 2.67. The fraction of sp³-hybridized carbons (Fsp3) is 0.857. The van der Waals surface area contributed by atoms with Gasteiger partial charge in [-0.1, -0.05) is 64.0 Å². The van der Waals surface area contributed by atoms with Crippen LogP contribution in [0.2, 0.25) is 0 Å². The van der Waals surface area contributed by atoms with Crippen molar-refractivity contribution in [2.45, 2.75) is 96.5 Å². The zero-order valence-electron chi connectivity index (χ0n) is 16.5. The van der Waals surface area contributed by atoms with Gasteiger partial charge in [0.1, 0.15) is 6.61 Å². The maximum atomic E-state index is 11.4. The molecule has 0 heterocycles. The van der Waals surface area contributed by atoms with Gasteiger partial charge >= 0.3 is 5.97 Å². The summed E-state index contributed by atoms with van der Waals surface area (Å²) >= 11 is 0. The number of esters is 1. The molecule has 0 aliphatic carbocycles. The maximum Gasteiger partial charge on any atom is 0.305 e. The third-order valence-electron chi connectivity index (χ3n) is 4.27. The van der Waals surface area contributed by atoms with Crippen LogP contribution in [0.4, 0.5) is 0 Å². The maximum absolute atomic E-state index is 11.4. The summed E-state index contributed by atoms with van der Waals surface area (Å²) in [6.07, 6.45) is 17.9. The smallest absolute Gasteiger partial charge is 0.305 e. The van der Waals surface area contributed by atoms with Crippen molar-refractivity contribution in [2.24, 2.45) is 0 Å². The zero-order chi connectivity index (χ0) is 18.6. The van der Waals surface area contributed by atoms with Crippen LogP contribution in [-0.4, -0.2) is 37.5 Å². The van der Waals surface area contributed by atoms with Gasteiger partial charge in [0.25, 0.3) is 0 Å². The quantitative estimate of drug-likeness (QED) is 0.209. The van der Waals surface area contributed by atoms with E-state index in [1.54, 1.807) is 7.11 Å². The minimum Gasteiger partial charge on any atom is -0.463 e. The standard InChI is InChI=1S/C21H40O4/c1-3-4-5-12-15-20(22)16-13-10-8-6-7-9-11-14-17-21(23)25-19-18-24-2/h10,13,20,22H,3-9,11-12,14-19H2,1-2H3/b13-10+/t20-/m0/s1. The highest BCUT2D eigenvalue weighted by Gasteiger charge is 2.02. The van der Waals surface area contributed by atoms with Crippen LogP contribution in [0.25, 0.3) is 0 Å². The van der Waals surface area contributed by atoms with E-state index in [0.29, 0.717) is 19.6 Å². The Bertz CT molecular complexity index is 315. The van der Waals surface area contributed by atoms with Crippen LogP contribution in [0.15, 0.2) is 12.2 Å². The highest BCUT2D eigenvalue weighted by Crippen LogP contribution is 2.10. The molecule has 0 aliphatic heterocycles. The predicted octanol–water partition coefficient (Wildman–Crippen LogP) is 5.18. The Labute approximate surface area is 155 Å². The summed E-state index contributed by atoms with van der Waals surface area (Å²) in [5.41, 5.74) is 0. The number of methoxy groups -OCH3 is 1. The third kappa shape index (κ3) is 19.3. The summed E-state index contributed by atoms with van der Waals surface area (Å²) in [6.45, 7) is 3.03. The molecule has 0 rings (SSSR count). The number of aliphatic hydroxyl groups is 1. The third-order valence-corrected chi connectivity index (χ3v) is 4.27. The Morgan fingerprint density at radius 2 is 1.68 bits per heavy atom. The van der Waals surface area contributed by atoms with Crippen molar-refractivity contribution in [2.75, 3.05) is 20.3 Å². The van der Waals surface area contributed by atoms with Gasteiger partial charge in [0.15, 0.2) is 0 Å². The summed E-state index contributed by atoms with van der Waals surface area (Å²) in [7, 11) is 1.60. The van der Waals surface area contributed by atoms with Gasteiger partial charge in [-0.15, -0.1) is 0 Å². The van der Waals surface area contributed by atoms with E-state index in [9.17, 15) is 9.90 Å².